The normalized spacial score (nSPS) is 11.9. The summed E-state index contributed by atoms with van der Waals surface area (Å²) >= 11 is 0. The highest BCUT2D eigenvalue weighted by Crippen LogP contribution is 2.10. The Balaban J connectivity index is 2.49. The fourth-order valence-electron chi connectivity index (χ4n) is 1.94. The monoisotopic (exact) mass is 275 g/mol. The van der Waals surface area contributed by atoms with Crippen LogP contribution >= 0.6 is 0 Å². The van der Waals surface area contributed by atoms with Crippen LogP contribution in [0, 0.1) is 5.41 Å². The molecule has 0 heterocycles. The minimum Gasteiger partial charge on any atom is -0.386 e. The van der Waals surface area contributed by atoms with Crippen molar-refractivity contribution in [1.29, 1.82) is 5.41 Å². The van der Waals surface area contributed by atoms with Gasteiger partial charge in [-0.2, -0.15) is 0 Å². The van der Waals surface area contributed by atoms with Gasteiger partial charge in [0.05, 0.1) is 6.04 Å². The Hall–Kier alpha value is -1.84. The van der Waals surface area contributed by atoms with E-state index in [0.29, 0.717) is 5.56 Å². The largest absolute Gasteiger partial charge is 0.386 e. The average molecular weight is 275 g/mol. The summed E-state index contributed by atoms with van der Waals surface area (Å²) in [5.74, 6) is -0.226. The smallest absolute Gasteiger partial charge is 0.251 e. The molecule has 0 radical (unpaired) electrons. The summed E-state index contributed by atoms with van der Waals surface area (Å²) in [6.07, 6.45) is 6.04. The van der Waals surface area contributed by atoms with E-state index in [1.54, 1.807) is 6.92 Å². The van der Waals surface area contributed by atoms with Crippen LogP contribution in [0.5, 0.6) is 0 Å². The van der Waals surface area contributed by atoms with Gasteiger partial charge in [0.25, 0.3) is 5.91 Å². The number of amides is 1. The van der Waals surface area contributed by atoms with Gasteiger partial charge in [-0.3, -0.25) is 10.2 Å². The molecule has 0 aromatic heterocycles. The van der Waals surface area contributed by atoms with Crippen LogP contribution in [-0.2, 0) is 6.42 Å². The molecule has 0 saturated carbocycles. The van der Waals surface area contributed by atoms with E-state index in [0.717, 1.165) is 6.42 Å². The number of unbranched alkanes of at least 4 members (excludes halogenated alkanes) is 3. The Morgan fingerprint density at radius 1 is 1.25 bits per heavy atom. The third-order valence-corrected chi connectivity index (χ3v) is 3.35. The summed E-state index contributed by atoms with van der Waals surface area (Å²) in [6, 6.07) is 7.23. The van der Waals surface area contributed by atoms with Crippen molar-refractivity contribution in [2.75, 3.05) is 0 Å². The fraction of sp³-hybridized carbons (Fsp3) is 0.500. The lowest BCUT2D eigenvalue weighted by Crippen LogP contribution is -2.41. The van der Waals surface area contributed by atoms with Gasteiger partial charge in [0.2, 0.25) is 0 Å². The van der Waals surface area contributed by atoms with E-state index in [1.807, 2.05) is 24.3 Å². The zero-order valence-corrected chi connectivity index (χ0v) is 12.4. The number of rotatable bonds is 8. The lowest BCUT2D eigenvalue weighted by molar-refractivity contribution is 0.0949. The third-order valence-electron chi connectivity index (χ3n) is 3.35. The molecular formula is C16H25N3O. The number of amidine groups is 1. The van der Waals surface area contributed by atoms with Crippen molar-refractivity contribution in [3.63, 3.8) is 0 Å². The minimum absolute atomic E-state index is 0.0362. The van der Waals surface area contributed by atoms with Crippen LogP contribution < -0.4 is 11.1 Å². The molecule has 0 aliphatic heterocycles. The molecule has 20 heavy (non-hydrogen) atoms. The second kappa shape index (κ2) is 8.35. The lowest BCUT2D eigenvalue weighted by atomic mass is 10.0. The number of hydrogen-bond donors (Lipinski definition) is 3. The Bertz CT molecular complexity index is 440. The molecular weight excluding hydrogens is 250 g/mol. The van der Waals surface area contributed by atoms with Crippen molar-refractivity contribution in [2.24, 2.45) is 5.73 Å². The first-order valence-electron chi connectivity index (χ1n) is 7.28. The van der Waals surface area contributed by atoms with Crippen molar-refractivity contribution in [3.8, 4) is 0 Å². The molecule has 1 amide bonds. The highest BCUT2D eigenvalue weighted by molar-refractivity contribution is 5.97. The van der Waals surface area contributed by atoms with Crippen LogP contribution in [0.15, 0.2) is 24.3 Å². The van der Waals surface area contributed by atoms with Gasteiger partial charge in [-0.05, 0) is 37.5 Å². The molecule has 4 heteroatoms. The fourth-order valence-corrected chi connectivity index (χ4v) is 1.94. The highest BCUT2D eigenvalue weighted by Gasteiger charge is 2.11. The van der Waals surface area contributed by atoms with Crippen LogP contribution in [0.2, 0.25) is 0 Å². The SMILES string of the molecule is CCCCCCc1ccc(C(=O)NC(C)C(=N)N)cc1. The van der Waals surface area contributed by atoms with Gasteiger partial charge in [-0.15, -0.1) is 0 Å². The van der Waals surface area contributed by atoms with Gasteiger partial charge in [0, 0.05) is 5.56 Å². The summed E-state index contributed by atoms with van der Waals surface area (Å²) in [6.45, 7) is 3.90. The molecule has 1 rings (SSSR count). The first-order chi connectivity index (χ1) is 9.54. The molecule has 1 atom stereocenters. The van der Waals surface area contributed by atoms with Gasteiger partial charge >= 0.3 is 0 Å². The van der Waals surface area contributed by atoms with Crippen LogP contribution in [-0.4, -0.2) is 17.8 Å². The average Bonchev–Trinajstić information content (AvgIpc) is 2.44. The molecule has 0 saturated heterocycles. The first-order valence-corrected chi connectivity index (χ1v) is 7.28. The Kier molecular flexibility index (Phi) is 6.77. The highest BCUT2D eigenvalue weighted by atomic mass is 16.1. The zero-order chi connectivity index (χ0) is 15.0. The van der Waals surface area contributed by atoms with Gasteiger partial charge in [0.1, 0.15) is 5.84 Å². The quantitative estimate of drug-likeness (QED) is 0.387. The molecule has 0 spiro atoms. The predicted octanol–water partition coefficient (Wildman–Crippen LogP) is 2.86. The predicted molar refractivity (Wildman–Crippen MR) is 83.1 cm³/mol. The van der Waals surface area contributed by atoms with E-state index >= 15 is 0 Å². The molecule has 0 fully saturated rings. The van der Waals surface area contributed by atoms with E-state index in [4.69, 9.17) is 11.1 Å². The van der Waals surface area contributed by atoms with Gasteiger partial charge in [-0.1, -0.05) is 38.3 Å². The Morgan fingerprint density at radius 3 is 2.45 bits per heavy atom. The van der Waals surface area contributed by atoms with E-state index in [2.05, 4.69) is 12.2 Å². The maximum atomic E-state index is 11.9. The minimum atomic E-state index is -0.434. The van der Waals surface area contributed by atoms with Crippen LogP contribution in [0.4, 0.5) is 0 Å². The molecule has 0 aliphatic rings. The molecule has 1 unspecified atom stereocenters. The van der Waals surface area contributed by atoms with E-state index < -0.39 is 6.04 Å². The zero-order valence-electron chi connectivity index (χ0n) is 12.4. The summed E-state index contributed by atoms with van der Waals surface area (Å²) in [5, 5.41) is 9.95. The Morgan fingerprint density at radius 2 is 1.90 bits per heavy atom. The van der Waals surface area contributed by atoms with Crippen molar-refractivity contribution in [2.45, 2.75) is 52.0 Å². The number of benzene rings is 1. The molecule has 1 aromatic carbocycles. The second-order valence-corrected chi connectivity index (χ2v) is 5.16. The number of carbonyl (C=O) groups is 1. The topological polar surface area (TPSA) is 79.0 Å². The Labute approximate surface area is 121 Å². The standard InChI is InChI=1S/C16H25N3O/c1-3-4-5-6-7-13-8-10-14(11-9-13)16(20)19-12(2)15(17)18/h8-12H,3-7H2,1-2H3,(H3,17,18)(H,19,20). The summed E-state index contributed by atoms with van der Waals surface area (Å²) in [7, 11) is 0. The summed E-state index contributed by atoms with van der Waals surface area (Å²) < 4.78 is 0. The molecule has 1 aromatic rings. The second-order valence-electron chi connectivity index (χ2n) is 5.16. The number of aryl methyl sites for hydroxylation is 1. The molecule has 4 N–H and O–H groups in total. The maximum Gasteiger partial charge on any atom is 0.251 e. The third kappa shape index (κ3) is 5.43. The van der Waals surface area contributed by atoms with Crippen LogP contribution in [0.1, 0.15) is 55.5 Å². The number of nitrogens with two attached hydrogens (primary N) is 1. The van der Waals surface area contributed by atoms with Gasteiger partial charge < -0.3 is 11.1 Å². The first kappa shape index (κ1) is 16.2. The van der Waals surface area contributed by atoms with Gasteiger partial charge in [-0.25, -0.2) is 0 Å². The lowest BCUT2D eigenvalue weighted by Gasteiger charge is -2.12. The van der Waals surface area contributed by atoms with Crippen molar-refractivity contribution >= 4 is 11.7 Å². The summed E-state index contributed by atoms with van der Waals surface area (Å²) in [4.78, 5) is 11.9. The van der Waals surface area contributed by atoms with Crippen molar-refractivity contribution < 1.29 is 4.79 Å². The van der Waals surface area contributed by atoms with E-state index in [9.17, 15) is 4.79 Å². The number of carbonyl (C=O) groups excluding carboxylic acids is 1. The van der Waals surface area contributed by atoms with E-state index in [-0.39, 0.29) is 11.7 Å². The van der Waals surface area contributed by atoms with E-state index in [1.165, 1.54) is 31.2 Å². The number of hydrogen-bond acceptors (Lipinski definition) is 2. The molecule has 0 bridgehead atoms. The van der Waals surface area contributed by atoms with Crippen molar-refractivity contribution in [3.05, 3.63) is 35.4 Å². The molecule has 110 valence electrons. The van der Waals surface area contributed by atoms with Crippen molar-refractivity contribution in [1.82, 2.24) is 5.32 Å². The van der Waals surface area contributed by atoms with Gasteiger partial charge in [0.15, 0.2) is 0 Å². The van der Waals surface area contributed by atoms with Crippen LogP contribution in [0.25, 0.3) is 0 Å². The molecule has 4 nitrogen and oxygen atoms in total. The number of nitrogens with one attached hydrogen (secondary N) is 2. The maximum absolute atomic E-state index is 11.9. The summed E-state index contributed by atoms with van der Waals surface area (Å²) in [5.41, 5.74) is 7.20. The van der Waals surface area contributed by atoms with Crippen LogP contribution in [0.3, 0.4) is 0 Å². The molecule has 0 aliphatic carbocycles.